The second kappa shape index (κ2) is 11.2. The van der Waals surface area contributed by atoms with E-state index in [1.807, 2.05) is 43.3 Å². The first-order valence-electron chi connectivity index (χ1n) is 12.0. The smallest absolute Gasteiger partial charge is 0.247 e. The number of carbonyl (C=O) groups excluding carboxylic acids is 1. The van der Waals surface area contributed by atoms with Crippen LogP contribution in [0.15, 0.2) is 52.9 Å². The topological polar surface area (TPSA) is 74.5 Å². The number of halogens is 1. The molecule has 1 aliphatic rings. The van der Waals surface area contributed by atoms with Crippen LogP contribution in [0, 0.1) is 5.82 Å². The summed E-state index contributed by atoms with van der Waals surface area (Å²) in [6, 6.07) is 14.2. The maximum atomic E-state index is 14.1. The first-order valence-corrected chi connectivity index (χ1v) is 12.0. The van der Waals surface area contributed by atoms with Gasteiger partial charge in [0.1, 0.15) is 5.82 Å². The summed E-state index contributed by atoms with van der Waals surface area (Å²) in [4.78, 5) is 17.3. The van der Waals surface area contributed by atoms with E-state index in [1.165, 1.54) is 12.1 Å². The van der Waals surface area contributed by atoms with Gasteiger partial charge in [-0.25, -0.2) is 4.39 Å². The van der Waals surface area contributed by atoms with E-state index >= 15 is 0 Å². The highest BCUT2D eigenvalue weighted by Crippen LogP contribution is 2.28. The second-order valence-corrected chi connectivity index (χ2v) is 8.63. The standard InChI is InChI=1S/C26H32FN5O2/c1-3-31-14-16-32(17-15-31)23-13-12-21(27)18-22(23)19(2)28-24(33)10-7-11-25-29-30-26(34-25)20-8-5-4-6-9-20/h4-6,8-9,12-13,18-19H,3,7,10-11,14-17H2,1-2H3,(H,28,33). The van der Waals surface area contributed by atoms with Crippen molar-refractivity contribution in [2.75, 3.05) is 37.6 Å². The molecule has 1 aliphatic heterocycles. The zero-order valence-electron chi connectivity index (χ0n) is 19.8. The molecular formula is C26H32FN5O2. The van der Waals surface area contributed by atoms with E-state index in [2.05, 4.69) is 32.2 Å². The van der Waals surface area contributed by atoms with Crippen molar-refractivity contribution in [3.63, 3.8) is 0 Å². The molecule has 0 aliphatic carbocycles. The lowest BCUT2D eigenvalue weighted by Crippen LogP contribution is -2.46. The maximum Gasteiger partial charge on any atom is 0.247 e. The zero-order chi connectivity index (χ0) is 23.9. The van der Waals surface area contributed by atoms with Crippen molar-refractivity contribution in [1.29, 1.82) is 0 Å². The van der Waals surface area contributed by atoms with E-state index in [0.29, 0.717) is 31.0 Å². The lowest BCUT2D eigenvalue weighted by Gasteiger charge is -2.37. The van der Waals surface area contributed by atoms with Gasteiger partial charge in [-0.2, -0.15) is 0 Å². The van der Waals surface area contributed by atoms with Crippen LogP contribution in [0.5, 0.6) is 0 Å². The summed E-state index contributed by atoms with van der Waals surface area (Å²) in [5.74, 6) is 0.615. The third-order valence-electron chi connectivity index (χ3n) is 6.28. The third-order valence-corrected chi connectivity index (χ3v) is 6.28. The lowest BCUT2D eigenvalue weighted by molar-refractivity contribution is -0.121. The Labute approximate surface area is 200 Å². The third kappa shape index (κ3) is 5.99. The summed E-state index contributed by atoms with van der Waals surface area (Å²) in [7, 11) is 0. The summed E-state index contributed by atoms with van der Waals surface area (Å²) in [5, 5.41) is 11.2. The SMILES string of the molecule is CCN1CCN(c2ccc(F)cc2C(C)NC(=O)CCCc2nnc(-c3ccccc3)o2)CC1. The Morgan fingerprint density at radius 3 is 2.62 bits per heavy atom. The number of piperazine rings is 1. The number of anilines is 1. The second-order valence-electron chi connectivity index (χ2n) is 8.63. The number of carbonyl (C=O) groups is 1. The molecule has 3 aromatic rings. The van der Waals surface area contributed by atoms with Crippen molar-refractivity contribution in [1.82, 2.24) is 20.4 Å². The Kier molecular flexibility index (Phi) is 7.90. The molecule has 2 aromatic carbocycles. The molecule has 7 nitrogen and oxygen atoms in total. The molecule has 1 saturated heterocycles. The van der Waals surface area contributed by atoms with Gasteiger partial charge in [-0.15, -0.1) is 10.2 Å². The monoisotopic (exact) mass is 465 g/mol. The summed E-state index contributed by atoms with van der Waals surface area (Å²) in [5.41, 5.74) is 2.67. The van der Waals surface area contributed by atoms with Gasteiger partial charge in [0, 0.05) is 55.8 Å². The number of hydrogen-bond donors (Lipinski definition) is 1. The largest absolute Gasteiger partial charge is 0.421 e. The van der Waals surface area contributed by atoms with Crippen LogP contribution in [-0.2, 0) is 11.2 Å². The summed E-state index contributed by atoms with van der Waals surface area (Å²) in [6.45, 7) is 8.85. The minimum Gasteiger partial charge on any atom is -0.421 e. The quantitative estimate of drug-likeness (QED) is 0.510. The number of nitrogens with one attached hydrogen (secondary N) is 1. The molecule has 1 aromatic heterocycles. The Hall–Kier alpha value is -3.26. The average Bonchev–Trinajstić information content (AvgIpc) is 3.33. The zero-order valence-corrected chi connectivity index (χ0v) is 19.8. The van der Waals surface area contributed by atoms with Gasteiger partial charge >= 0.3 is 0 Å². The average molecular weight is 466 g/mol. The molecule has 0 saturated carbocycles. The Morgan fingerprint density at radius 2 is 1.88 bits per heavy atom. The van der Waals surface area contributed by atoms with E-state index in [4.69, 9.17) is 4.42 Å². The van der Waals surface area contributed by atoms with Crippen molar-refractivity contribution in [2.45, 2.75) is 39.2 Å². The van der Waals surface area contributed by atoms with E-state index in [-0.39, 0.29) is 17.8 Å². The molecule has 0 radical (unpaired) electrons. The molecule has 0 spiro atoms. The highest BCUT2D eigenvalue weighted by Gasteiger charge is 2.22. The fourth-order valence-corrected chi connectivity index (χ4v) is 4.31. The van der Waals surface area contributed by atoms with E-state index in [0.717, 1.165) is 49.5 Å². The number of likely N-dealkylation sites (N-methyl/N-ethyl adjacent to an activating group) is 1. The van der Waals surface area contributed by atoms with Crippen molar-refractivity contribution >= 4 is 11.6 Å². The Bertz CT molecular complexity index is 1080. The van der Waals surface area contributed by atoms with Crippen molar-refractivity contribution in [3.05, 3.63) is 65.8 Å². The molecule has 1 fully saturated rings. The summed E-state index contributed by atoms with van der Waals surface area (Å²) in [6.07, 6.45) is 1.44. The molecule has 8 heteroatoms. The van der Waals surface area contributed by atoms with Gasteiger partial charge < -0.3 is 19.5 Å². The molecule has 1 amide bonds. The van der Waals surface area contributed by atoms with Crippen LogP contribution in [0.3, 0.4) is 0 Å². The molecule has 4 rings (SSSR count). The minimum atomic E-state index is -0.296. The van der Waals surface area contributed by atoms with Crippen LogP contribution < -0.4 is 10.2 Å². The van der Waals surface area contributed by atoms with Crippen molar-refractivity contribution < 1.29 is 13.6 Å². The molecular weight excluding hydrogens is 433 g/mol. The minimum absolute atomic E-state index is 0.0821. The van der Waals surface area contributed by atoms with Gasteiger partial charge in [0.05, 0.1) is 6.04 Å². The molecule has 1 unspecified atom stereocenters. The van der Waals surface area contributed by atoms with Gasteiger partial charge in [0.2, 0.25) is 17.7 Å². The number of aromatic nitrogens is 2. The lowest BCUT2D eigenvalue weighted by atomic mass is 10.0. The van der Waals surface area contributed by atoms with E-state index < -0.39 is 0 Å². The molecule has 0 bridgehead atoms. The van der Waals surface area contributed by atoms with Crippen molar-refractivity contribution in [2.24, 2.45) is 0 Å². The van der Waals surface area contributed by atoms with Crippen LogP contribution in [0.4, 0.5) is 10.1 Å². The van der Waals surface area contributed by atoms with E-state index in [1.54, 1.807) is 0 Å². The fraction of sp³-hybridized carbons (Fsp3) is 0.423. The molecule has 180 valence electrons. The molecule has 34 heavy (non-hydrogen) atoms. The Morgan fingerprint density at radius 1 is 1.12 bits per heavy atom. The van der Waals surface area contributed by atoms with Gasteiger partial charge in [0.15, 0.2) is 0 Å². The fourth-order valence-electron chi connectivity index (χ4n) is 4.31. The van der Waals surface area contributed by atoms with Gasteiger partial charge in [-0.3, -0.25) is 4.79 Å². The van der Waals surface area contributed by atoms with Gasteiger partial charge in [0.25, 0.3) is 0 Å². The van der Waals surface area contributed by atoms with Crippen LogP contribution >= 0.6 is 0 Å². The predicted molar refractivity (Wildman–Crippen MR) is 130 cm³/mol. The molecule has 1 atom stereocenters. The highest BCUT2D eigenvalue weighted by molar-refractivity contribution is 5.76. The van der Waals surface area contributed by atoms with Crippen LogP contribution in [-0.4, -0.2) is 53.7 Å². The van der Waals surface area contributed by atoms with Crippen LogP contribution in [0.25, 0.3) is 11.5 Å². The Balaban J connectivity index is 1.31. The van der Waals surface area contributed by atoms with Crippen LogP contribution in [0.2, 0.25) is 0 Å². The number of rotatable bonds is 9. The normalized spacial score (nSPS) is 15.3. The summed E-state index contributed by atoms with van der Waals surface area (Å²) < 4.78 is 19.8. The van der Waals surface area contributed by atoms with Crippen LogP contribution in [0.1, 0.15) is 44.2 Å². The van der Waals surface area contributed by atoms with Gasteiger partial charge in [-0.05, 0) is 50.2 Å². The molecule has 1 N–H and O–H groups in total. The number of nitrogens with zero attached hydrogens (tertiary/aromatic N) is 4. The summed E-state index contributed by atoms with van der Waals surface area (Å²) >= 11 is 0. The van der Waals surface area contributed by atoms with E-state index in [9.17, 15) is 9.18 Å². The number of hydrogen-bond acceptors (Lipinski definition) is 6. The van der Waals surface area contributed by atoms with Gasteiger partial charge in [-0.1, -0.05) is 25.1 Å². The maximum absolute atomic E-state index is 14.1. The molecule has 2 heterocycles. The van der Waals surface area contributed by atoms with Crippen molar-refractivity contribution in [3.8, 4) is 11.5 Å². The number of aryl methyl sites for hydroxylation is 1. The number of benzene rings is 2. The highest BCUT2D eigenvalue weighted by atomic mass is 19.1. The first kappa shape index (κ1) is 23.9. The predicted octanol–water partition coefficient (Wildman–Crippen LogP) is 4.22. The number of amides is 1. The first-order chi connectivity index (χ1) is 16.5.